The van der Waals surface area contributed by atoms with Crippen LogP contribution in [-0.2, 0) is 14.8 Å². The highest BCUT2D eigenvalue weighted by atomic mass is 32.2. The quantitative estimate of drug-likeness (QED) is 0.846. The third kappa shape index (κ3) is 3.74. The topological polar surface area (TPSA) is 98.5 Å². The van der Waals surface area contributed by atoms with Gasteiger partial charge in [-0.2, -0.15) is 0 Å². The predicted molar refractivity (Wildman–Crippen MR) is 78.5 cm³/mol. The van der Waals surface area contributed by atoms with Gasteiger partial charge in [-0.3, -0.25) is 4.79 Å². The van der Waals surface area contributed by atoms with Crippen LogP contribution in [0.15, 0.2) is 23.1 Å². The first-order valence-corrected chi connectivity index (χ1v) is 8.41. The van der Waals surface area contributed by atoms with Crippen LogP contribution < -0.4 is 15.2 Å². The first-order chi connectivity index (χ1) is 9.79. The maximum Gasteiger partial charge on any atom is 0.238 e. The SMILES string of the molecule is CC(C)CCNC(=O)C1COc2ccc(S(N)(=O)=O)cc21. The summed E-state index contributed by atoms with van der Waals surface area (Å²) in [5.41, 5.74) is 0.573. The van der Waals surface area contributed by atoms with Crippen molar-refractivity contribution in [2.24, 2.45) is 11.1 Å². The Morgan fingerprint density at radius 2 is 2.19 bits per heavy atom. The highest BCUT2D eigenvalue weighted by Crippen LogP contribution is 2.35. The Morgan fingerprint density at radius 3 is 2.81 bits per heavy atom. The van der Waals surface area contributed by atoms with Crippen LogP contribution in [-0.4, -0.2) is 27.5 Å². The molecule has 1 aliphatic rings. The van der Waals surface area contributed by atoms with Crippen molar-refractivity contribution in [3.8, 4) is 5.75 Å². The molecule has 3 N–H and O–H groups in total. The van der Waals surface area contributed by atoms with E-state index in [-0.39, 0.29) is 17.4 Å². The average molecular weight is 312 g/mol. The molecule has 1 aromatic rings. The van der Waals surface area contributed by atoms with Gasteiger partial charge < -0.3 is 10.1 Å². The van der Waals surface area contributed by atoms with Gasteiger partial charge in [-0.25, -0.2) is 13.6 Å². The molecule has 1 aromatic carbocycles. The molecule has 1 aliphatic heterocycles. The van der Waals surface area contributed by atoms with E-state index in [4.69, 9.17) is 9.88 Å². The van der Waals surface area contributed by atoms with Crippen molar-refractivity contribution in [2.45, 2.75) is 31.1 Å². The van der Waals surface area contributed by atoms with Crippen LogP contribution in [0.5, 0.6) is 5.75 Å². The van der Waals surface area contributed by atoms with E-state index in [9.17, 15) is 13.2 Å². The molecule has 0 radical (unpaired) electrons. The number of fused-ring (bicyclic) bond motifs is 1. The smallest absolute Gasteiger partial charge is 0.238 e. The Balaban J connectivity index is 2.15. The molecule has 0 fully saturated rings. The largest absolute Gasteiger partial charge is 0.492 e. The van der Waals surface area contributed by atoms with Gasteiger partial charge in [0.1, 0.15) is 18.3 Å². The van der Waals surface area contributed by atoms with Crippen LogP contribution in [0.25, 0.3) is 0 Å². The third-order valence-electron chi connectivity index (χ3n) is 3.43. The van der Waals surface area contributed by atoms with E-state index in [0.717, 1.165) is 6.42 Å². The second-order valence-electron chi connectivity index (χ2n) is 5.58. The summed E-state index contributed by atoms with van der Waals surface area (Å²) in [7, 11) is -3.79. The number of benzene rings is 1. The van der Waals surface area contributed by atoms with Gasteiger partial charge in [-0.1, -0.05) is 13.8 Å². The number of hydrogen-bond acceptors (Lipinski definition) is 4. The molecular formula is C14H20N2O4S. The second kappa shape index (κ2) is 6.03. The third-order valence-corrected chi connectivity index (χ3v) is 4.34. The molecule has 0 saturated heterocycles. The summed E-state index contributed by atoms with van der Waals surface area (Å²) in [5.74, 6) is 0.396. The zero-order valence-corrected chi connectivity index (χ0v) is 12.9. The summed E-state index contributed by atoms with van der Waals surface area (Å²) < 4.78 is 28.2. The van der Waals surface area contributed by atoms with E-state index in [0.29, 0.717) is 23.8 Å². The molecule has 2 rings (SSSR count). The number of nitrogens with one attached hydrogen (secondary N) is 1. The molecule has 6 nitrogen and oxygen atoms in total. The van der Waals surface area contributed by atoms with Crippen molar-refractivity contribution in [1.29, 1.82) is 0 Å². The van der Waals surface area contributed by atoms with Crippen molar-refractivity contribution in [3.63, 3.8) is 0 Å². The minimum absolute atomic E-state index is 0.00766. The number of rotatable bonds is 5. The molecule has 1 amide bonds. The zero-order valence-electron chi connectivity index (χ0n) is 12.1. The zero-order chi connectivity index (χ0) is 15.6. The van der Waals surface area contributed by atoms with Crippen molar-refractivity contribution in [2.75, 3.05) is 13.2 Å². The van der Waals surface area contributed by atoms with Crippen molar-refractivity contribution in [3.05, 3.63) is 23.8 Å². The summed E-state index contributed by atoms with van der Waals surface area (Å²) >= 11 is 0. The van der Waals surface area contributed by atoms with Gasteiger partial charge in [0.05, 0.1) is 4.90 Å². The van der Waals surface area contributed by atoms with Gasteiger partial charge in [0.25, 0.3) is 0 Å². The molecule has 116 valence electrons. The Kier molecular flexibility index (Phi) is 4.53. The fourth-order valence-electron chi connectivity index (χ4n) is 2.19. The molecule has 7 heteroatoms. The average Bonchev–Trinajstić information content (AvgIpc) is 2.79. The minimum atomic E-state index is -3.79. The molecule has 21 heavy (non-hydrogen) atoms. The first kappa shape index (κ1) is 15.8. The second-order valence-corrected chi connectivity index (χ2v) is 7.14. The van der Waals surface area contributed by atoms with Crippen LogP contribution in [0.2, 0.25) is 0 Å². The van der Waals surface area contributed by atoms with E-state index >= 15 is 0 Å². The number of amides is 1. The van der Waals surface area contributed by atoms with Crippen LogP contribution in [0.4, 0.5) is 0 Å². The number of hydrogen-bond donors (Lipinski definition) is 2. The van der Waals surface area contributed by atoms with Gasteiger partial charge in [0.2, 0.25) is 15.9 Å². The highest BCUT2D eigenvalue weighted by Gasteiger charge is 2.31. The lowest BCUT2D eigenvalue weighted by molar-refractivity contribution is -0.122. The van der Waals surface area contributed by atoms with Crippen LogP contribution in [0.1, 0.15) is 31.7 Å². The minimum Gasteiger partial charge on any atom is -0.492 e. The molecule has 0 saturated carbocycles. The van der Waals surface area contributed by atoms with Crippen molar-refractivity contribution >= 4 is 15.9 Å². The van der Waals surface area contributed by atoms with Crippen molar-refractivity contribution in [1.82, 2.24) is 5.32 Å². The predicted octanol–water partition coefficient (Wildman–Crippen LogP) is 0.972. The number of primary sulfonamides is 1. The van der Waals surface area contributed by atoms with E-state index in [1.165, 1.54) is 18.2 Å². The Morgan fingerprint density at radius 1 is 1.48 bits per heavy atom. The fourth-order valence-corrected chi connectivity index (χ4v) is 2.74. The number of sulfonamides is 1. The Bertz CT molecular complexity index is 640. The molecule has 0 aliphatic carbocycles. The lowest BCUT2D eigenvalue weighted by Gasteiger charge is -2.11. The highest BCUT2D eigenvalue weighted by molar-refractivity contribution is 7.89. The molecule has 1 atom stereocenters. The molecular weight excluding hydrogens is 292 g/mol. The number of carbonyl (C=O) groups is 1. The molecule has 0 aromatic heterocycles. The van der Waals surface area contributed by atoms with Gasteiger partial charge in [0.15, 0.2) is 0 Å². The maximum absolute atomic E-state index is 12.2. The summed E-state index contributed by atoms with van der Waals surface area (Å²) in [4.78, 5) is 12.2. The number of ether oxygens (including phenoxy) is 1. The Labute approximate surface area is 124 Å². The Hall–Kier alpha value is -1.60. The number of nitrogens with two attached hydrogens (primary N) is 1. The lowest BCUT2D eigenvalue weighted by atomic mass is 10.0. The van der Waals surface area contributed by atoms with Crippen LogP contribution in [0.3, 0.4) is 0 Å². The molecule has 1 unspecified atom stereocenters. The fraction of sp³-hybridized carbons (Fsp3) is 0.500. The monoisotopic (exact) mass is 312 g/mol. The molecule has 1 heterocycles. The summed E-state index contributed by atoms with van der Waals surface area (Å²) in [6, 6.07) is 4.34. The standard InChI is InChI=1S/C14H20N2O4S/c1-9(2)5-6-16-14(17)12-8-20-13-4-3-10(7-11(12)13)21(15,18)19/h3-4,7,9,12H,5-6,8H2,1-2H3,(H,16,17)(H2,15,18,19). The number of carbonyl (C=O) groups excluding carboxylic acids is 1. The normalized spacial score (nSPS) is 17.4. The lowest BCUT2D eigenvalue weighted by Crippen LogP contribution is -2.31. The van der Waals surface area contributed by atoms with E-state index in [1.54, 1.807) is 0 Å². The van der Waals surface area contributed by atoms with E-state index in [1.807, 2.05) is 0 Å². The van der Waals surface area contributed by atoms with Gasteiger partial charge in [-0.05, 0) is 30.5 Å². The summed E-state index contributed by atoms with van der Waals surface area (Å²) in [6.45, 7) is 4.98. The summed E-state index contributed by atoms with van der Waals surface area (Å²) in [5, 5.41) is 7.97. The van der Waals surface area contributed by atoms with E-state index < -0.39 is 15.9 Å². The van der Waals surface area contributed by atoms with E-state index in [2.05, 4.69) is 19.2 Å². The van der Waals surface area contributed by atoms with Crippen LogP contribution in [0, 0.1) is 5.92 Å². The molecule has 0 bridgehead atoms. The van der Waals surface area contributed by atoms with Crippen LogP contribution >= 0.6 is 0 Å². The first-order valence-electron chi connectivity index (χ1n) is 6.86. The maximum atomic E-state index is 12.2. The summed E-state index contributed by atoms with van der Waals surface area (Å²) in [6.07, 6.45) is 0.892. The molecule has 0 spiro atoms. The van der Waals surface area contributed by atoms with Gasteiger partial charge >= 0.3 is 0 Å². The van der Waals surface area contributed by atoms with Gasteiger partial charge in [0, 0.05) is 12.1 Å². The van der Waals surface area contributed by atoms with Gasteiger partial charge in [-0.15, -0.1) is 0 Å². The van der Waals surface area contributed by atoms with Crippen molar-refractivity contribution < 1.29 is 17.9 Å².